The van der Waals surface area contributed by atoms with Gasteiger partial charge in [-0.2, -0.15) is 0 Å². The minimum absolute atomic E-state index is 0.0234. The second-order valence-corrected chi connectivity index (χ2v) is 6.87. The molecule has 2 atom stereocenters. The third-order valence-electron chi connectivity index (χ3n) is 4.28. The highest BCUT2D eigenvalue weighted by Crippen LogP contribution is 2.31. The summed E-state index contributed by atoms with van der Waals surface area (Å²) in [6, 6.07) is 5.79. The predicted molar refractivity (Wildman–Crippen MR) is 86.1 cm³/mol. The van der Waals surface area contributed by atoms with Gasteiger partial charge in [-0.25, -0.2) is 0 Å². The van der Waals surface area contributed by atoms with Crippen molar-refractivity contribution >= 4 is 17.2 Å². The first-order chi connectivity index (χ1) is 10.6. The van der Waals surface area contributed by atoms with E-state index in [1.807, 2.05) is 42.3 Å². The maximum atomic E-state index is 12.7. The van der Waals surface area contributed by atoms with Crippen molar-refractivity contribution in [3.05, 3.63) is 45.5 Å². The summed E-state index contributed by atoms with van der Waals surface area (Å²) in [7, 11) is 0. The van der Waals surface area contributed by atoms with Gasteiger partial charge in [0.1, 0.15) is 11.5 Å². The number of carbonyl (C=O) groups excluding carboxylic acids is 1. The smallest absolute Gasteiger partial charge is 0.257 e. The Hall–Kier alpha value is -1.59. The molecule has 0 spiro atoms. The van der Waals surface area contributed by atoms with Crippen molar-refractivity contribution in [3.63, 3.8) is 0 Å². The van der Waals surface area contributed by atoms with Crippen LogP contribution in [0.15, 0.2) is 28.0 Å². The highest BCUT2D eigenvalue weighted by molar-refractivity contribution is 7.10. The number of hydrogen-bond donors (Lipinski definition) is 1. The molecule has 0 radical (unpaired) electrons. The highest BCUT2D eigenvalue weighted by Gasteiger charge is 2.32. The van der Waals surface area contributed by atoms with Crippen LogP contribution in [0.1, 0.15) is 52.1 Å². The van der Waals surface area contributed by atoms with Gasteiger partial charge in [0.25, 0.3) is 5.91 Å². The van der Waals surface area contributed by atoms with E-state index >= 15 is 0 Å². The molecule has 0 aromatic carbocycles. The van der Waals surface area contributed by atoms with E-state index in [4.69, 9.17) is 4.42 Å². The number of aliphatic hydroxyl groups excluding tert-OH is 1. The summed E-state index contributed by atoms with van der Waals surface area (Å²) in [4.78, 5) is 15.6. The number of hydrogen-bond acceptors (Lipinski definition) is 4. The van der Waals surface area contributed by atoms with Gasteiger partial charge in [-0.1, -0.05) is 6.07 Å². The molecule has 5 heteroatoms. The number of furan rings is 1. The molecule has 1 N–H and O–H groups in total. The van der Waals surface area contributed by atoms with Gasteiger partial charge < -0.3 is 14.4 Å². The van der Waals surface area contributed by atoms with E-state index in [-0.39, 0.29) is 11.9 Å². The molecule has 3 rings (SSSR count). The standard InChI is InChI=1S/C17H21NO3S/c1-11-9-14(12(2)21-11)17(20)18-7-3-5-13(18)10-15(19)16-6-4-8-22-16/h4,6,8-9,13,15,19H,3,5,7,10H2,1-2H3/t13-,15-/m1/s1. The van der Waals surface area contributed by atoms with Crippen LogP contribution in [-0.2, 0) is 0 Å². The number of amides is 1. The van der Waals surface area contributed by atoms with Crippen molar-refractivity contribution in [2.45, 2.75) is 45.3 Å². The molecule has 3 heterocycles. The van der Waals surface area contributed by atoms with Crippen molar-refractivity contribution in [1.29, 1.82) is 0 Å². The van der Waals surface area contributed by atoms with E-state index in [1.54, 1.807) is 11.3 Å². The summed E-state index contributed by atoms with van der Waals surface area (Å²) in [5.41, 5.74) is 0.648. The zero-order valence-corrected chi connectivity index (χ0v) is 13.7. The zero-order chi connectivity index (χ0) is 15.7. The van der Waals surface area contributed by atoms with Gasteiger partial charge >= 0.3 is 0 Å². The van der Waals surface area contributed by atoms with E-state index in [9.17, 15) is 9.90 Å². The highest BCUT2D eigenvalue weighted by atomic mass is 32.1. The number of likely N-dealkylation sites (tertiary alicyclic amines) is 1. The molecule has 1 saturated heterocycles. The lowest BCUT2D eigenvalue weighted by Gasteiger charge is -2.26. The first-order valence-electron chi connectivity index (χ1n) is 7.65. The Labute approximate surface area is 134 Å². The van der Waals surface area contributed by atoms with Crippen LogP contribution in [0.5, 0.6) is 0 Å². The Kier molecular flexibility index (Phi) is 4.36. The van der Waals surface area contributed by atoms with Crippen LogP contribution < -0.4 is 0 Å². The molecule has 1 fully saturated rings. The van der Waals surface area contributed by atoms with Crippen LogP contribution in [0.4, 0.5) is 0 Å². The minimum atomic E-state index is -0.495. The Balaban J connectivity index is 1.73. The quantitative estimate of drug-likeness (QED) is 0.935. The number of thiophene rings is 1. The number of nitrogens with zero attached hydrogens (tertiary/aromatic N) is 1. The van der Waals surface area contributed by atoms with Crippen LogP contribution in [-0.4, -0.2) is 28.5 Å². The Morgan fingerprint density at radius 1 is 1.55 bits per heavy atom. The Morgan fingerprint density at radius 2 is 2.36 bits per heavy atom. The van der Waals surface area contributed by atoms with Gasteiger partial charge in [-0.05, 0) is 50.6 Å². The Bertz CT molecular complexity index is 647. The van der Waals surface area contributed by atoms with Crippen LogP contribution in [0.25, 0.3) is 0 Å². The fraction of sp³-hybridized carbons (Fsp3) is 0.471. The van der Waals surface area contributed by atoms with E-state index in [0.29, 0.717) is 17.7 Å². The summed E-state index contributed by atoms with van der Waals surface area (Å²) in [6.45, 7) is 4.43. The van der Waals surface area contributed by atoms with Crippen LogP contribution in [0.2, 0.25) is 0 Å². The van der Waals surface area contributed by atoms with E-state index < -0.39 is 6.10 Å². The zero-order valence-electron chi connectivity index (χ0n) is 12.9. The van der Waals surface area contributed by atoms with E-state index in [0.717, 1.165) is 30.0 Å². The van der Waals surface area contributed by atoms with Gasteiger partial charge in [0.05, 0.1) is 11.7 Å². The number of rotatable bonds is 4. The number of aryl methyl sites for hydroxylation is 2. The number of carbonyl (C=O) groups is 1. The molecule has 2 aromatic rings. The lowest BCUT2D eigenvalue weighted by atomic mass is 10.0. The second-order valence-electron chi connectivity index (χ2n) is 5.89. The third-order valence-corrected chi connectivity index (χ3v) is 5.25. The van der Waals surface area contributed by atoms with E-state index in [2.05, 4.69) is 0 Å². The van der Waals surface area contributed by atoms with E-state index in [1.165, 1.54) is 0 Å². The lowest BCUT2D eigenvalue weighted by Crippen LogP contribution is -2.36. The fourth-order valence-corrected chi connectivity index (χ4v) is 3.93. The van der Waals surface area contributed by atoms with Gasteiger partial charge in [0.15, 0.2) is 0 Å². The topological polar surface area (TPSA) is 53.7 Å². The molecule has 118 valence electrons. The number of aliphatic hydroxyl groups is 1. The second kappa shape index (κ2) is 6.26. The normalized spacial score (nSPS) is 19.6. The minimum Gasteiger partial charge on any atom is -0.466 e. The molecule has 1 aliphatic heterocycles. The van der Waals surface area contributed by atoms with Crippen LogP contribution >= 0.6 is 11.3 Å². The summed E-state index contributed by atoms with van der Waals surface area (Å²) in [6.07, 6.45) is 2.04. The first-order valence-corrected chi connectivity index (χ1v) is 8.53. The molecule has 0 aliphatic carbocycles. The van der Waals surface area contributed by atoms with Crippen molar-refractivity contribution in [3.8, 4) is 0 Å². The monoisotopic (exact) mass is 319 g/mol. The van der Waals surface area contributed by atoms with Crippen molar-refractivity contribution in [2.24, 2.45) is 0 Å². The fourth-order valence-electron chi connectivity index (χ4n) is 3.20. The van der Waals surface area contributed by atoms with Gasteiger partial charge in [0.2, 0.25) is 0 Å². The van der Waals surface area contributed by atoms with Crippen molar-refractivity contribution in [1.82, 2.24) is 4.90 Å². The van der Waals surface area contributed by atoms with Gasteiger partial charge in [-0.3, -0.25) is 4.79 Å². The summed E-state index contributed by atoms with van der Waals surface area (Å²) in [5, 5.41) is 12.3. The van der Waals surface area contributed by atoms with Gasteiger partial charge in [-0.15, -0.1) is 11.3 Å². The predicted octanol–water partition coefficient (Wildman–Crippen LogP) is 3.69. The molecule has 2 aromatic heterocycles. The van der Waals surface area contributed by atoms with Gasteiger partial charge in [0, 0.05) is 17.5 Å². The third kappa shape index (κ3) is 2.96. The van der Waals surface area contributed by atoms with Crippen molar-refractivity contribution < 1.29 is 14.3 Å². The molecule has 1 aliphatic rings. The van der Waals surface area contributed by atoms with Crippen molar-refractivity contribution in [2.75, 3.05) is 6.54 Å². The molecule has 0 bridgehead atoms. The average molecular weight is 319 g/mol. The first kappa shape index (κ1) is 15.3. The molecular formula is C17H21NO3S. The summed E-state index contributed by atoms with van der Waals surface area (Å²) in [5.74, 6) is 1.46. The molecular weight excluding hydrogens is 298 g/mol. The Morgan fingerprint density at radius 3 is 3.00 bits per heavy atom. The SMILES string of the molecule is Cc1cc(C(=O)N2CCC[C@@H]2C[C@@H](O)c2cccs2)c(C)o1. The average Bonchev–Trinajstić information content (AvgIpc) is 3.19. The molecule has 22 heavy (non-hydrogen) atoms. The van der Waals surface area contributed by atoms with Crippen LogP contribution in [0, 0.1) is 13.8 Å². The summed E-state index contributed by atoms with van der Waals surface area (Å²) >= 11 is 1.56. The maximum absolute atomic E-state index is 12.7. The summed E-state index contributed by atoms with van der Waals surface area (Å²) < 4.78 is 5.48. The van der Waals surface area contributed by atoms with Crippen LogP contribution in [0.3, 0.4) is 0 Å². The molecule has 1 amide bonds. The molecule has 0 unspecified atom stereocenters. The largest absolute Gasteiger partial charge is 0.466 e. The lowest BCUT2D eigenvalue weighted by molar-refractivity contribution is 0.0668. The molecule has 0 saturated carbocycles. The molecule has 4 nitrogen and oxygen atoms in total. The maximum Gasteiger partial charge on any atom is 0.257 e.